The lowest BCUT2D eigenvalue weighted by atomic mass is 10.0. The molecule has 164 valence electrons. The molecule has 3 aromatic carbocycles. The Hall–Kier alpha value is -3.09. The van der Waals surface area contributed by atoms with Crippen LogP contribution in [-0.4, -0.2) is 27.5 Å². The van der Waals surface area contributed by atoms with E-state index in [0.29, 0.717) is 32.9 Å². The van der Waals surface area contributed by atoms with Crippen molar-refractivity contribution < 1.29 is 9.53 Å². The van der Waals surface area contributed by atoms with Crippen LogP contribution in [0.2, 0.25) is 10.0 Å². The highest BCUT2D eigenvalue weighted by Crippen LogP contribution is 2.28. The van der Waals surface area contributed by atoms with E-state index in [1.807, 2.05) is 31.2 Å². The predicted octanol–water partition coefficient (Wildman–Crippen LogP) is 6.18. The first-order valence-electron chi connectivity index (χ1n) is 10.2. The van der Waals surface area contributed by atoms with E-state index in [9.17, 15) is 4.79 Å². The van der Waals surface area contributed by atoms with Crippen LogP contribution in [0, 0.1) is 6.92 Å². The van der Waals surface area contributed by atoms with Gasteiger partial charge in [-0.3, -0.25) is 4.79 Å². The molecule has 0 aliphatic rings. The lowest BCUT2D eigenvalue weighted by molar-refractivity contribution is -0.118. The summed E-state index contributed by atoms with van der Waals surface area (Å²) in [6.07, 6.45) is 0. The normalized spacial score (nSPS) is 11.2. The highest BCUT2D eigenvalue weighted by molar-refractivity contribution is 6.35. The van der Waals surface area contributed by atoms with Crippen molar-refractivity contribution in [3.05, 3.63) is 75.8 Å². The summed E-state index contributed by atoms with van der Waals surface area (Å²) in [5.41, 5.74) is 5.08. The molecule has 1 heterocycles. The maximum Gasteiger partial charge on any atom is 0.262 e. The fraction of sp³-hybridized carbons (Fsp3) is 0.208. The fourth-order valence-electron chi connectivity index (χ4n) is 3.23. The van der Waals surface area contributed by atoms with Crippen LogP contribution in [0.1, 0.15) is 30.9 Å². The van der Waals surface area contributed by atoms with Crippen LogP contribution in [0.4, 0.5) is 5.69 Å². The number of hydrogen-bond donors (Lipinski definition) is 1. The number of halogens is 2. The summed E-state index contributed by atoms with van der Waals surface area (Å²) in [5, 5.41) is 12.9. The predicted molar refractivity (Wildman–Crippen MR) is 128 cm³/mol. The smallest absolute Gasteiger partial charge is 0.262 e. The molecule has 0 saturated carbocycles. The highest BCUT2D eigenvalue weighted by atomic mass is 35.5. The number of amides is 1. The third kappa shape index (κ3) is 4.87. The van der Waals surface area contributed by atoms with Crippen molar-refractivity contribution in [2.45, 2.75) is 26.7 Å². The minimum Gasteiger partial charge on any atom is -0.482 e. The topological polar surface area (TPSA) is 69.0 Å². The Morgan fingerprint density at radius 2 is 1.72 bits per heavy atom. The number of fused-ring (bicyclic) bond motifs is 1. The molecule has 32 heavy (non-hydrogen) atoms. The van der Waals surface area contributed by atoms with Gasteiger partial charge in [0.15, 0.2) is 6.61 Å². The van der Waals surface area contributed by atoms with Crippen LogP contribution in [0.3, 0.4) is 0 Å². The molecule has 0 unspecified atom stereocenters. The van der Waals surface area contributed by atoms with Crippen LogP contribution < -0.4 is 10.1 Å². The lowest BCUT2D eigenvalue weighted by Gasteiger charge is -2.10. The summed E-state index contributed by atoms with van der Waals surface area (Å²) < 4.78 is 5.51. The van der Waals surface area contributed by atoms with E-state index in [0.717, 1.165) is 16.8 Å². The van der Waals surface area contributed by atoms with E-state index in [2.05, 4.69) is 41.5 Å². The van der Waals surface area contributed by atoms with Gasteiger partial charge in [-0.05, 0) is 66.4 Å². The number of benzene rings is 3. The molecule has 8 heteroatoms. The van der Waals surface area contributed by atoms with Gasteiger partial charge in [0.2, 0.25) is 0 Å². The highest BCUT2D eigenvalue weighted by Gasteiger charge is 2.12. The number of aryl methyl sites for hydroxylation is 1. The Kier molecular flexibility index (Phi) is 6.35. The Labute approximate surface area is 196 Å². The quantitative estimate of drug-likeness (QED) is 0.366. The standard InChI is InChI=1S/C24H22Cl2N4O2/c1-14(2)16-4-7-18(8-5-16)30-28-21-10-15(3)20(12-22(21)29-30)27-24(31)13-32-23-9-6-17(25)11-19(23)26/h4-12,14H,13H2,1-3H3,(H,27,31). The number of nitrogens with one attached hydrogen (secondary N) is 1. The average molecular weight is 469 g/mol. The molecule has 6 nitrogen and oxygen atoms in total. The Balaban J connectivity index is 1.49. The first kappa shape index (κ1) is 22.1. The summed E-state index contributed by atoms with van der Waals surface area (Å²) >= 11 is 12.0. The van der Waals surface area contributed by atoms with Gasteiger partial charge in [-0.2, -0.15) is 4.80 Å². The van der Waals surface area contributed by atoms with Crippen molar-refractivity contribution in [1.82, 2.24) is 15.0 Å². The zero-order valence-corrected chi connectivity index (χ0v) is 19.4. The number of carbonyl (C=O) groups is 1. The monoisotopic (exact) mass is 468 g/mol. The fourth-order valence-corrected chi connectivity index (χ4v) is 3.70. The summed E-state index contributed by atoms with van der Waals surface area (Å²) in [7, 11) is 0. The van der Waals surface area contributed by atoms with Crippen molar-refractivity contribution in [1.29, 1.82) is 0 Å². The molecule has 1 aromatic heterocycles. The molecule has 0 bridgehead atoms. The Bertz CT molecular complexity index is 1280. The van der Waals surface area contributed by atoms with E-state index < -0.39 is 0 Å². The third-order valence-electron chi connectivity index (χ3n) is 5.04. The SMILES string of the molecule is Cc1cc2nn(-c3ccc(C(C)C)cc3)nc2cc1NC(=O)COc1ccc(Cl)cc1Cl. The van der Waals surface area contributed by atoms with Crippen LogP contribution in [0.5, 0.6) is 5.75 Å². The van der Waals surface area contributed by atoms with E-state index in [4.69, 9.17) is 27.9 Å². The number of anilines is 1. The van der Waals surface area contributed by atoms with Gasteiger partial charge in [-0.25, -0.2) is 0 Å². The van der Waals surface area contributed by atoms with Gasteiger partial charge in [0, 0.05) is 10.7 Å². The van der Waals surface area contributed by atoms with Gasteiger partial charge < -0.3 is 10.1 Å². The third-order valence-corrected chi connectivity index (χ3v) is 5.57. The molecule has 0 radical (unpaired) electrons. The van der Waals surface area contributed by atoms with Gasteiger partial charge in [-0.1, -0.05) is 49.2 Å². The molecule has 4 rings (SSSR count). The van der Waals surface area contributed by atoms with Gasteiger partial charge >= 0.3 is 0 Å². The molecule has 0 fully saturated rings. The zero-order chi connectivity index (χ0) is 22.8. The van der Waals surface area contributed by atoms with Crippen molar-refractivity contribution in [3.63, 3.8) is 0 Å². The molecular weight excluding hydrogens is 447 g/mol. The average Bonchev–Trinajstić information content (AvgIpc) is 3.16. The number of nitrogens with zero attached hydrogens (tertiary/aromatic N) is 3. The van der Waals surface area contributed by atoms with Crippen LogP contribution in [0.25, 0.3) is 16.7 Å². The molecule has 0 spiro atoms. The molecule has 4 aromatic rings. The van der Waals surface area contributed by atoms with Gasteiger partial charge in [-0.15, -0.1) is 10.2 Å². The number of hydrogen-bond acceptors (Lipinski definition) is 4. The van der Waals surface area contributed by atoms with E-state index >= 15 is 0 Å². The second-order valence-electron chi connectivity index (χ2n) is 7.80. The number of ether oxygens (including phenoxy) is 1. The zero-order valence-electron chi connectivity index (χ0n) is 17.9. The van der Waals surface area contributed by atoms with Crippen molar-refractivity contribution in [2.75, 3.05) is 11.9 Å². The van der Waals surface area contributed by atoms with Crippen molar-refractivity contribution in [2.24, 2.45) is 0 Å². The van der Waals surface area contributed by atoms with Crippen LogP contribution in [-0.2, 0) is 4.79 Å². The Morgan fingerprint density at radius 1 is 1.03 bits per heavy atom. The molecule has 0 atom stereocenters. The minimum atomic E-state index is -0.310. The largest absolute Gasteiger partial charge is 0.482 e. The van der Waals surface area contributed by atoms with E-state index in [1.165, 1.54) is 5.56 Å². The van der Waals surface area contributed by atoms with Crippen LogP contribution in [0.15, 0.2) is 54.6 Å². The first-order valence-corrected chi connectivity index (χ1v) is 10.9. The molecule has 1 amide bonds. The number of carbonyl (C=O) groups excluding carboxylic acids is 1. The van der Waals surface area contributed by atoms with Gasteiger partial charge in [0.05, 0.1) is 10.7 Å². The number of rotatable bonds is 6. The van der Waals surface area contributed by atoms with Gasteiger partial charge in [0.1, 0.15) is 16.8 Å². The molecule has 0 aliphatic carbocycles. The van der Waals surface area contributed by atoms with E-state index in [-0.39, 0.29) is 12.5 Å². The summed E-state index contributed by atoms with van der Waals surface area (Å²) in [5.74, 6) is 0.544. The summed E-state index contributed by atoms with van der Waals surface area (Å²) in [6, 6.07) is 16.7. The molecule has 1 N–H and O–H groups in total. The van der Waals surface area contributed by atoms with Crippen molar-refractivity contribution in [3.8, 4) is 11.4 Å². The maximum atomic E-state index is 12.4. The molecule has 0 saturated heterocycles. The van der Waals surface area contributed by atoms with Gasteiger partial charge in [0.25, 0.3) is 5.91 Å². The minimum absolute atomic E-state index is 0.187. The van der Waals surface area contributed by atoms with Crippen molar-refractivity contribution >= 4 is 45.8 Å². The van der Waals surface area contributed by atoms with Crippen LogP contribution >= 0.6 is 23.2 Å². The molecular formula is C24H22Cl2N4O2. The summed E-state index contributed by atoms with van der Waals surface area (Å²) in [6.45, 7) is 6.03. The lowest BCUT2D eigenvalue weighted by Crippen LogP contribution is -2.20. The first-order chi connectivity index (χ1) is 15.3. The van der Waals surface area contributed by atoms with E-state index in [1.54, 1.807) is 23.0 Å². The number of aromatic nitrogens is 3. The second kappa shape index (κ2) is 9.18. The second-order valence-corrected chi connectivity index (χ2v) is 8.65. The Morgan fingerprint density at radius 3 is 2.38 bits per heavy atom. The maximum absolute atomic E-state index is 12.4. The molecule has 0 aliphatic heterocycles. The summed E-state index contributed by atoms with van der Waals surface area (Å²) in [4.78, 5) is 14.0.